The normalized spacial score (nSPS) is 26.8. The molecule has 2 nitrogen and oxygen atoms in total. The number of hydrogen-bond acceptors (Lipinski definition) is 2. The van der Waals surface area contributed by atoms with Crippen molar-refractivity contribution in [2.45, 2.75) is 26.2 Å². The van der Waals surface area contributed by atoms with Gasteiger partial charge in [0.15, 0.2) is 0 Å². The van der Waals surface area contributed by atoms with Crippen LogP contribution >= 0.6 is 0 Å². The molecule has 0 aromatic heterocycles. The first-order valence-corrected chi connectivity index (χ1v) is 3.25. The van der Waals surface area contributed by atoms with E-state index in [0.717, 1.165) is 12.8 Å². The predicted molar refractivity (Wildman–Crippen MR) is 33.0 cm³/mol. The Hall–Kier alpha value is -0.660. The predicted octanol–water partition coefficient (Wildman–Crippen LogP) is 0.945. The van der Waals surface area contributed by atoms with Crippen LogP contribution in [0.1, 0.15) is 26.2 Å². The van der Waals surface area contributed by atoms with Crippen molar-refractivity contribution in [2.75, 3.05) is 0 Å². The first-order valence-electron chi connectivity index (χ1n) is 3.25. The fourth-order valence-corrected chi connectivity index (χ4v) is 1.25. The Bertz CT molecular complexity index is 149. The summed E-state index contributed by atoms with van der Waals surface area (Å²) < 4.78 is 0. The molecular formula is C7H10O2. The summed E-state index contributed by atoms with van der Waals surface area (Å²) in [5.41, 5.74) is 0. The Morgan fingerprint density at radius 2 is 2.33 bits per heavy atom. The summed E-state index contributed by atoms with van der Waals surface area (Å²) in [4.78, 5) is 21.4. The van der Waals surface area contributed by atoms with Gasteiger partial charge in [-0.1, -0.05) is 0 Å². The topological polar surface area (TPSA) is 34.1 Å². The van der Waals surface area contributed by atoms with Gasteiger partial charge in [0.1, 0.15) is 11.6 Å². The summed E-state index contributed by atoms with van der Waals surface area (Å²) in [5, 5.41) is 0. The van der Waals surface area contributed by atoms with E-state index in [-0.39, 0.29) is 17.5 Å². The smallest absolute Gasteiger partial charge is 0.143 e. The number of ketones is 2. The SMILES string of the molecule is CC(=O)[C@H]1CCCC1=O. The first kappa shape index (κ1) is 6.46. The van der Waals surface area contributed by atoms with Gasteiger partial charge in [-0.05, 0) is 19.8 Å². The molecule has 0 aromatic rings. The van der Waals surface area contributed by atoms with E-state index in [1.165, 1.54) is 6.92 Å². The van der Waals surface area contributed by atoms with Gasteiger partial charge >= 0.3 is 0 Å². The van der Waals surface area contributed by atoms with Crippen molar-refractivity contribution in [3.63, 3.8) is 0 Å². The number of carbonyl (C=O) groups excluding carboxylic acids is 2. The molecule has 1 aliphatic rings. The summed E-state index contributed by atoms with van der Waals surface area (Å²) >= 11 is 0. The second kappa shape index (κ2) is 2.29. The van der Waals surface area contributed by atoms with Crippen LogP contribution in [0.2, 0.25) is 0 Å². The molecule has 50 valence electrons. The van der Waals surface area contributed by atoms with E-state index < -0.39 is 0 Å². The second-order valence-corrected chi connectivity index (χ2v) is 2.52. The van der Waals surface area contributed by atoms with Crippen LogP contribution in [0.25, 0.3) is 0 Å². The number of rotatable bonds is 1. The van der Waals surface area contributed by atoms with Crippen LogP contribution in [-0.4, -0.2) is 11.6 Å². The minimum Gasteiger partial charge on any atom is -0.299 e. The van der Waals surface area contributed by atoms with Crippen molar-refractivity contribution >= 4 is 11.6 Å². The van der Waals surface area contributed by atoms with Crippen molar-refractivity contribution in [3.05, 3.63) is 0 Å². The lowest BCUT2D eigenvalue weighted by molar-refractivity contribution is -0.129. The van der Waals surface area contributed by atoms with Gasteiger partial charge < -0.3 is 0 Å². The number of Topliss-reactive ketones (excluding diaryl/α,β-unsaturated/α-hetero) is 2. The van der Waals surface area contributed by atoms with Crippen LogP contribution in [-0.2, 0) is 9.59 Å². The van der Waals surface area contributed by atoms with Gasteiger partial charge in [0, 0.05) is 6.42 Å². The van der Waals surface area contributed by atoms with Gasteiger partial charge in [-0.3, -0.25) is 9.59 Å². The fraction of sp³-hybridized carbons (Fsp3) is 0.714. The maximum Gasteiger partial charge on any atom is 0.143 e. The van der Waals surface area contributed by atoms with E-state index in [1.54, 1.807) is 0 Å². The average Bonchev–Trinajstić information content (AvgIpc) is 2.13. The molecule has 1 saturated carbocycles. The lowest BCUT2D eigenvalue weighted by Crippen LogP contribution is -2.14. The Morgan fingerprint density at radius 1 is 1.67 bits per heavy atom. The van der Waals surface area contributed by atoms with Gasteiger partial charge in [0.05, 0.1) is 5.92 Å². The summed E-state index contributed by atoms with van der Waals surface area (Å²) in [6.07, 6.45) is 2.31. The zero-order valence-electron chi connectivity index (χ0n) is 5.52. The number of carbonyl (C=O) groups is 2. The zero-order chi connectivity index (χ0) is 6.85. The third-order valence-electron chi connectivity index (χ3n) is 1.80. The van der Waals surface area contributed by atoms with E-state index >= 15 is 0 Å². The van der Waals surface area contributed by atoms with Crippen LogP contribution in [0.3, 0.4) is 0 Å². The van der Waals surface area contributed by atoms with E-state index in [0.29, 0.717) is 6.42 Å². The van der Waals surface area contributed by atoms with Gasteiger partial charge in [-0.2, -0.15) is 0 Å². The maximum absolute atomic E-state index is 10.8. The Kier molecular flexibility index (Phi) is 1.65. The molecule has 1 atom stereocenters. The Morgan fingerprint density at radius 3 is 2.56 bits per heavy atom. The average molecular weight is 126 g/mol. The maximum atomic E-state index is 10.8. The van der Waals surface area contributed by atoms with Crippen molar-refractivity contribution in [1.29, 1.82) is 0 Å². The molecule has 0 radical (unpaired) electrons. The molecule has 0 spiro atoms. The highest BCUT2D eigenvalue weighted by atomic mass is 16.1. The van der Waals surface area contributed by atoms with Gasteiger partial charge in [0.25, 0.3) is 0 Å². The molecule has 0 aromatic carbocycles. The highest BCUT2D eigenvalue weighted by molar-refractivity contribution is 6.02. The van der Waals surface area contributed by atoms with E-state index in [1.807, 2.05) is 0 Å². The standard InChI is InChI=1S/C7H10O2/c1-5(8)6-3-2-4-7(6)9/h6H,2-4H2,1H3/t6-/m1/s1. The van der Waals surface area contributed by atoms with Crippen LogP contribution < -0.4 is 0 Å². The first-order chi connectivity index (χ1) is 4.22. The molecule has 0 heterocycles. The third kappa shape index (κ3) is 1.18. The molecule has 2 heteroatoms. The van der Waals surface area contributed by atoms with Crippen LogP contribution in [0.5, 0.6) is 0 Å². The van der Waals surface area contributed by atoms with Crippen molar-refractivity contribution in [1.82, 2.24) is 0 Å². The van der Waals surface area contributed by atoms with Gasteiger partial charge in [-0.25, -0.2) is 0 Å². The van der Waals surface area contributed by atoms with Gasteiger partial charge in [-0.15, -0.1) is 0 Å². The molecule has 0 bridgehead atoms. The summed E-state index contributed by atoms with van der Waals surface area (Å²) in [6.45, 7) is 1.49. The Labute approximate surface area is 54.2 Å². The molecule has 0 saturated heterocycles. The molecule has 1 rings (SSSR count). The van der Waals surface area contributed by atoms with Crippen molar-refractivity contribution in [3.8, 4) is 0 Å². The van der Waals surface area contributed by atoms with Crippen LogP contribution in [0, 0.1) is 5.92 Å². The second-order valence-electron chi connectivity index (χ2n) is 2.52. The summed E-state index contributed by atoms with van der Waals surface area (Å²) in [7, 11) is 0. The summed E-state index contributed by atoms with van der Waals surface area (Å²) in [5.74, 6) is -0.0648. The van der Waals surface area contributed by atoms with Crippen LogP contribution in [0.4, 0.5) is 0 Å². The monoisotopic (exact) mass is 126 g/mol. The molecule has 0 N–H and O–H groups in total. The molecule has 1 fully saturated rings. The minimum atomic E-state index is -0.245. The third-order valence-corrected chi connectivity index (χ3v) is 1.80. The highest BCUT2D eigenvalue weighted by Gasteiger charge is 2.27. The molecule has 9 heavy (non-hydrogen) atoms. The lowest BCUT2D eigenvalue weighted by Gasteiger charge is -1.98. The van der Waals surface area contributed by atoms with E-state index in [9.17, 15) is 9.59 Å². The molecule has 0 aliphatic heterocycles. The highest BCUT2D eigenvalue weighted by Crippen LogP contribution is 2.21. The Balaban J connectivity index is 2.60. The van der Waals surface area contributed by atoms with Crippen LogP contribution in [0.15, 0.2) is 0 Å². The summed E-state index contributed by atoms with van der Waals surface area (Å²) in [6, 6.07) is 0. The fourth-order valence-electron chi connectivity index (χ4n) is 1.25. The van der Waals surface area contributed by atoms with Crippen molar-refractivity contribution in [2.24, 2.45) is 5.92 Å². The largest absolute Gasteiger partial charge is 0.299 e. The number of hydrogen-bond donors (Lipinski definition) is 0. The van der Waals surface area contributed by atoms with Crippen molar-refractivity contribution < 1.29 is 9.59 Å². The lowest BCUT2D eigenvalue weighted by atomic mass is 10.0. The molecule has 0 amide bonds. The molecule has 0 unspecified atom stereocenters. The van der Waals surface area contributed by atoms with Gasteiger partial charge in [0.2, 0.25) is 0 Å². The quantitative estimate of drug-likeness (QED) is 0.490. The van der Waals surface area contributed by atoms with E-state index in [4.69, 9.17) is 0 Å². The minimum absolute atomic E-state index is 0.0394. The molecular weight excluding hydrogens is 116 g/mol. The zero-order valence-corrected chi connectivity index (χ0v) is 5.52. The molecule has 1 aliphatic carbocycles. The van der Waals surface area contributed by atoms with E-state index in [2.05, 4.69) is 0 Å².